The fourth-order valence-corrected chi connectivity index (χ4v) is 4.78. The molecule has 156 valence electrons. The van der Waals surface area contributed by atoms with Crippen molar-refractivity contribution in [2.45, 2.75) is 24.5 Å². The molecule has 1 amide bonds. The monoisotopic (exact) mass is 414 g/mol. The molecule has 0 unspecified atom stereocenters. The van der Waals surface area contributed by atoms with Gasteiger partial charge >= 0.3 is 0 Å². The maximum atomic E-state index is 13.3. The number of fused-ring (bicyclic) bond motifs is 3. The summed E-state index contributed by atoms with van der Waals surface area (Å²) in [5.74, 6) is -9.23. The van der Waals surface area contributed by atoms with Gasteiger partial charge in [-0.25, -0.2) is 0 Å². The van der Waals surface area contributed by atoms with Crippen LogP contribution < -0.4 is 5.73 Å². The Kier molecular flexibility index (Phi) is 3.81. The van der Waals surface area contributed by atoms with Gasteiger partial charge < -0.3 is 36.7 Å². The van der Waals surface area contributed by atoms with Crippen LogP contribution in [0.5, 0.6) is 5.75 Å². The van der Waals surface area contributed by atoms with E-state index in [1.165, 1.54) is 25.1 Å². The molecule has 4 atom stereocenters. The topological polar surface area (TPSA) is 202 Å². The van der Waals surface area contributed by atoms with Crippen molar-refractivity contribution in [3.8, 4) is 5.75 Å². The number of amides is 1. The van der Waals surface area contributed by atoms with Crippen molar-refractivity contribution in [2.75, 3.05) is 0 Å². The van der Waals surface area contributed by atoms with Gasteiger partial charge in [-0.2, -0.15) is 0 Å². The number of primary amides is 1. The summed E-state index contributed by atoms with van der Waals surface area (Å²) in [5, 5.41) is 61.6. The number of ketones is 2. The number of aliphatic hydroxyl groups is 4. The molecule has 3 aliphatic rings. The first kappa shape index (κ1) is 19.8. The highest BCUT2D eigenvalue weighted by Gasteiger charge is 2.66. The normalized spacial score (nSPS) is 33.2. The average molecular weight is 414 g/mol. The van der Waals surface area contributed by atoms with Crippen LogP contribution in [-0.4, -0.2) is 54.3 Å². The molecular weight excluding hydrogens is 396 g/mol. The molecule has 0 bridgehead atoms. The second-order valence-electron chi connectivity index (χ2n) is 7.88. The molecule has 10 heteroatoms. The number of aliphatic hydroxyl groups excluding tert-OH is 2. The lowest BCUT2D eigenvalue weighted by Gasteiger charge is -2.49. The van der Waals surface area contributed by atoms with Crippen molar-refractivity contribution in [1.29, 1.82) is 5.41 Å². The minimum atomic E-state index is -2.98. The van der Waals surface area contributed by atoms with E-state index in [0.717, 1.165) is 0 Å². The molecular formula is C20H18N2O8. The third-order valence-electron chi connectivity index (χ3n) is 6.33. The first-order chi connectivity index (χ1) is 13.9. The largest absolute Gasteiger partial charge is 0.507 e. The SMILES string of the molecule is C[C@@]1(O)c2cccc(O)c2C(O)=C2C(=O)[C@]3(O)C(=O)C(C(N)=O)=C(O)C(=N)[C@@H]3C[C@@H]21. The summed E-state index contributed by atoms with van der Waals surface area (Å²) in [6.07, 6.45) is -0.385. The van der Waals surface area contributed by atoms with Crippen LogP contribution in [0.1, 0.15) is 24.5 Å². The van der Waals surface area contributed by atoms with Gasteiger partial charge in [0.1, 0.15) is 17.1 Å². The number of hydrogen-bond acceptors (Lipinski definition) is 9. The summed E-state index contributed by atoms with van der Waals surface area (Å²) in [4.78, 5) is 37.8. The van der Waals surface area contributed by atoms with Gasteiger partial charge in [0.2, 0.25) is 11.6 Å². The molecule has 4 rings (SSSR count). The van der Waals surface area contributed by atoms with Gasteiger partial charge in [-0.3, -0.25) is 14.4 Å². The molecule has 30 heavy (non-hydrogen) atoms. The summed E-state index contributed by atoms with van der Waals surface area (Å²) < 4.78 is 0. The summed E-state index contributed by atoms with van der Waals surface area (Å²) in [7, 11) is 0. The van der Waals surface area contributed by atoms with Gasteiger partial charge in [-0.1, -0.05) is 12.1 Å². The van der Waals surface area contributed by atoms with E-state index in [0.29, 0.717) is 0 Å². The van der Waals surface area contributed by atoms with E-state index in [2.05, 4.69) is 0 Å². The molecule has 8 N–H and O–H groups in total. The number of Topliss-reactive ketones (excluding diaryl/α,β-unsaturated/α-hetero) is 2. The van der Waals surface area contributed by atoms with E-state index in [1.807, 2.05) is 0 Å². The van der Waals surface area contributed by atoms with Crippen LogP contribution in [0.3, 0.4) is 0 Å². The second kappa shape index (κ2) is 5.77. The maximum absolute atomic E-state index is 13.3. The number of benzene rings is 1. The van der Waals surface area contributed by atoms with Gasteiger partial charge in [0, 0.05) is 17.4 Å². The van der Waals surface area contributed by atoms with E-state index in [-0.39, 0.29) is 17.5 Å². The van der Waals surface area contributed by atoms with Gasteiger partial charge in [0.15, 0.2) is 11.4 Å². The Morgan fingerprint density at radius 1 is 1.10 bits per heavy atom. The Bertz CT molecular complexity index is 1150. The fraction of sp³-hybridized carbons (Fsp3) is 0.300. The van der Waals surface area contributed by atoms with Crippen molar-refractivity contribution in [1.82, 2.24) is 0 Å². The second-order valence-corrected chi connectivity index (χ2v) is 7.88. The number of nitrogens with two attached hydrogens (primary N) is 1. The molecule has 0 spiro atoms. The van der Waals surface area contributed by atoms with Crippen LogP contribution >= 0.6 is 0 Å². The molecule has 1 aromatic carbocycles. The van der Waals surface area contributed by atoms with Crippen LogP contribution in [0.15, 0.2) is 35.1 Å². The summed E-state index contributed by atoms with van der Waals surface area (Å²) >= 11 is 0. The van der Waals surface area contributed by atoms with Crippen LogP contribution in [0, 0.1) is 17.2 Å². The zero-order valence-electron chi connectivity index (χ0n) is 15.6. The van der Waals surface area contributed by atoms with Crippen molar-refractivity contribution >= 4 is 28.9 Å². The molecule has 0 aromatic heterocycles. The molecule has 1 aromatic rings. The maximum Gasteiger partial charge on any atom is 0.256 e. The van der Waals surface area contributed by atoms with E-state index in [1.54, 1.807) is 0 Å². The van der Waals surface area contributed by atoms with Crippen LogP contribution in [-0.2, 0) is 20.0 Å². The minimum absolute atomic E-state index is 0.109. The Morgan fingerprint density at radius 2 is 1.73 bits per heavy atom. The summed E-state index contributed by atoms with van der Waals surface area (Å²) in [6.45, 7) is 1.33. The number of phenols is 1. The van der Waals surface area contributed by atoms with E-state index in [4.69, 9.17) is 11.1 Å². The number of aromatic hydroxyl groups is 1. The average Bonchev–Trinajstić information content (AvgIpc) is 2.66. The standard InChI is InChI=1S/C20H18N2O8/c1-19(29)6-3-2-4-9(23)10(6)14(24)11-7(19)5-8-13(21)15(25)12(18(22)28)17(27)20(8,30)16(11)26/h2-4,7-8,21,23-25,29-30H,5H2,1H3,(H2,22,28)/t7-,8-,19+,20-/m0/s1. The highest BCUT2D eigenvalue weighted by Crippen LogP contribution is 2.55. The molecule has 0 saturated heterocycles. The van der Waals surface area contributed by atoms with Crippen LogP contribution in [0.4, 0.5) is 0 Å². The highest BCUT2D eigenvalue weighted by atomic mass is 16.3. The molecule has 10 nitrogen and oxygen atoms in total. The number of phenolic OH excluding ortho intramolecular Hbond substituents is 1. The van der Waals surface area contributed by atoms with Crippen molar-refractivity contribution in [3.63, 3.8) is 0 Å². The van der Waals surface area contributed by atoms with Gasteiger partial charge in [-0.15, -0.1) is 0 Å². The Labute approximate surface area is 169 Å². The molecule has 0 aliphatic heterocycles. The number of allylic oxidation sites excluding steroid dienone is 1. The predicted octanol–water partition coefficient (Wildman–Crippen LogP) is -0.281. The Balaban J connectivity index is 2.02. The molecule has 3 aliphatic carbocycles. The molecule has 0 radical (unpaired) electrons. The summed E-state index contributed by atoms with van der Waals surface area (Å²) in [5.41, 5.74) is -2.20. The predicted molar refractivity (Wildman–Crippen MR) is 100 cm³/mol. The van der Waals surface area contributed by atoms with E-state index in [9.17, 15) is 39.9 Å². The van der Waals surface area contributed by atoms with Gasteiger partial charge in [0.05, 0.1) is 16.9 Å². The lowest BCUT2D eigenvalue weighted by atomic mass is 9.55. The summed E-state index contributed by atoms with van der Waals surface area (Å²) in [6, 6.07) is 4.10. The number of nitrogens with one attached hydrogen (secondary N) is 1. The zero-order valence-corrected chi connectivity index (χ0v) is 15.6. The first-order valence-corrected chi connectivity index (χ1v) is 8.98. The van der Waals surface area contributed by atoms with Crippen molar-refractivity contribution in [2.24, 2.45) is 17.6 Å². The number of carbonyl (C=O) groups excluding carboxylic acids is 3. The molecule has 1 fully saturated rings. The van der Waals surface area contributed by atoms with Crippen LogP contribution in [0.2, 0.25) is 0 Å². The first-order valence-electron chi connectivity index (χ1n) is 8.98. The van der Waals surface area contributed by atoms with E-state index < -0.39 is 74.6 Å². The highest BCUT2D eigenvalue weighted by molar-refractivity contribution is 6.38. The third-order valence-corrected chi connectivity index (χ3v) is 6.33. The van der Waals surface area contributed by atoms with Crippen molar-refractivity contribution in [3.05, 3.63) is 46.2 Å². The smallest absolute Gasteiger partial charge is 0.256 e. The number of rotatable bonds is 1. The Morgan fingerprint density at radius 3 is 2.33 bits per heavy atom. The molecule has 0 heterocycles. The van der Waals surface area contributed by atoms with Crippen molar-refractivity contribution < 1.29 is 39.9 Å². The lowest BCUT2D eigenvalue weighted by molar-refractivity contribution is -0.157. The van der Waals surface area contributed by atoms with E-state index >= 15 is 0 Å². The Hall–Kier alpha value is -3.50. The van der Waals surface area contributed by atoms with Crippen LogP contribution in [0.25, 0.3) is 5.76 Å². The zero-order chi connectivity index (χ0) is 22.3. The number of carbonyl (C=O) groups is 3. The minimum Gasteiger partial charge on any atom is -0.507 e. The van der Waals surface area contributed by atoms with Gasteiger partial charge in [0.25, 0.3) is 5.91 Å². The quantitative estimate of drug-likeness (QED) is 0.240. The molecule has 1 saturated carbocycles. The third kappa shape index (κ3) is 2.09. The van der Waals surface area contributed by atoms with Gasteiger partial charge in [-0.05, 0) is 25.0 Å². The lowest BCUT2D eigenvalue weighted by Crippen LogP contribution is -2.65. The number of hydrogen-bond donors (Lipinski definition) is 7. The fourth-order valence-electron chi connectivity index (χ4n) is 4.78.